The number of fused-ring (bicyclic) bond motifs is 1. The molecule has 2 aromatic heterocycles. The van der Waals surface area contributed by atoms with E-state index in [1.807, 2.05) is 6.92 Å². The second-order valence-electron chi connectivity index (χ2n) is 3.74. The van der Waals surface area contributed by atoms with Crippen LogP contribution < -0.4 is 10.8 Å². The number of nitrogens with one attached hydrogen (secondary N) is 2. The van der Waals surface area contributed by atoms with Gasteiger partial charge in [0.1, 0.15) is 5.82 Å². The van der Waals surface area contributed by atoms with Crippen molar-refractivity contribution in [3.05, 3.63) is 24.0 Å². The zero-order chi connectivity index (χ0) is 13.1. The van der Waals surface area contributed by atoms with Crippen LogP contribution in [0.2, 0.25) is 0 Å². The standard InChI is InChI=1S/C11H14N4O3/c1-2-7-10(12-6-9(17)14-18)15-5-3-4-8(16)11(15)13-7/h3-5,12,16,18H,2,6H2,1H3,(H,14,17). The molecule has 0 aliphatic carbocycles. The van der Waals surface area contributed by atoms with Gasteiger partial charge >= 0.3 is 0 Å². The minimum atomic E-state index is -0.549. The molecule has 2 aromatic rings. The minimum Gasteiger partial charge on any atom is -0.504 e. The van der Waals surface area contributed by atoms with E-state index in [9.17, 15) is 9.90 Å². The highest BCUT2D eigenvalue weighted by molar-refractivity contribution is 5.79. The Morgan fingerprint density at radius 3 is 3.00 bits per heavy atom. The van der Waals surface area contributed by atoms with E-state index >= 15 is 0 Å². The van der Waals surface area contributed by atoms with Crippen LogP contribution in [0.4, 0.5) is 5.82 Å². The summed E-state index contributed by atoms with van der Waals surface area (Å²) in [5.74, 6) is 0.158. The Balaban J connectivity index is 2.41. The summed E-state index contributed by atoms with van der Waals surface area (Å²) in [5, 5.41) is 21.0. The fourth-order valence-corrected chi connectivity index (χ4v) is 1.74. The number of hydroxylamine groups is 1. The highest BCUT2D eigenvalue weighted by Gasteiger charge is 2.13. The van der Waals surface area contributed by atoms with E-state index in [4.69, 9.17) is 5.21 Å². The Morgan fingerprint density at radius 2 is 2.33 bits per heavy atom. The lowest BCUT2D eigenvalue weighted by Crippen LogP contribution is -2.27. The Morgan fingerprint density at radius 1 is 1.56 bits per heavy atom. The lowest BCUT2D eigenvalue weighted by molar-refractivity contribution is -0.127. The molecular formula is C11H14N4O3. The third-order valence-electron chi connectivity index (χ3n) is 2.58. The van der Waals surface area contributed by atoms with Crippen molar-refractivity contribution in [2.45, 2.75) is 13.3 Å². The van der Waals surface area contributed by atoms with E-state index in [0.29, 0.717) is 17.9 Å². The zero-order valence-corrected chi connectivity index (χ0v) is 9.84. The third-order valence-corrected chi connectivity index (χ3v) is 2.58. The quantitative estimate of drug-likeness (QED) is 0.468. The summed E-state index contributed by atoms with van der Waals surface area (Å²) in [5.41, 5.74) is 2.71. The average Bonchev–Trinajstić information content (AvgIpc) is 2.75. The smallest absolute Gasteiger partial charge is 0.262 e. The summed E-state index contributed by atoms with van der Waals surface area (Å²) in [4.78, 5) is 15.3. The van der Waals surface area contributed by atoms with Crippen LogP contribution in [0.5, 0.6) is 5.75 Å². The summed E-state index contributed by atoms with van der Waals surface area (Å²) in [6.45, 7) is 1.85. The van der Waals surface area contributed by atoms with E-state index in [-0.39, 0.29) is 12.3 Å². The van der Waals surface area contributed by atoms with Gasteiger partial charge in [-0.1, -0.05) is 6.92 Å². The van der Waals surface area contributed by atoms with Crippen molar-refractivity contribution >= 4 is 17.4 Å². The van der Waals surface area contributed by atoms with Crippen molar-refractivity contribution < 1.29 is 15.1 Å². The zero-order valence-electron chi connectivity index (χ0n) is 9.84. The molecule has 18 heavy (non-hydrogen) atoms. The first kappa shape index (κ1) is 12.2. The van der Waals surface area contributed by atoms with E-state index in [1.165, 1.54) is 0 Å². The van der Waals surface area contributed by atoms with E-state index < -0.39 is 5.91 Å². The van der Waals surface area contributed by atoms with Crippen LogP contribution in [0.15, 0.2) is 18.3 Å². The number of rotatable bonds is 4. The van der Waals surface area contributed by atoms with Crippen LogP contribution in [0, 0.1) is 0 Å². The first-order valence-electron chi connectivity index (χ1n) is 5.53. The summed E-state index contributed by atoms with van der Waals surface area (Å²) in [7, 11) is 0. The lowest BCUT2D eigenvalue weighted by Gasteiger charge is -2.06. The number of carbonyl (C=O) groups is 1. The van der Waals surface area contributed by atoms with Crippen LogP contribution >= 0.6 is 0 Å². The lowest BCUT2D eigenvalue weighted by atomic mass is 10.3. The van der Waals surface area contributed by atoms with E-state index in [0.717, 1.165) is 5.69 Å². The first-order valence-corrected chi connectivity index (χ1v) is 5.53. The van der Waals surface area contributed by atoms with Gasteiger partial charge in [-0.25, -0.2) is 10.5 Å². The summed E-state index contributed by atoms with van der Waals surface area (Å²) < 4.78 is 1.67. The predicted octanol–water partition coefficient (Wildman–Crippen LogP) is 0.520. The van der Waals surface area contributed by atoms with Gasteiger partial charge in [0.15, 0.2) is 11.4 Å². The van der Waals surface area contributed by atoms with E-state index in [1.54, 1.807) is 28.2 Å². The summed E-state index contributed by atoms with van der Waals surface area (Å²) in [6.07, 6.45) is 2.39. The molecule has 1 amide bonds. The van der Waals surface area contributed by atoms with Crippen LogP contribution in [0.3, 0.4) is 0 Å². The maximum absolute atomic E-state index is 11.0. The molecule has 0 saturated carbocycles. The highest BCUT2D eigenvalue weighted by atomic mass is 16.5. The number of aromatic nitrogens is 2. The van der Waals surface area contributed by atoms with Gasteiger partial charge in [-0.2, -0.15) is 0 Å². The number of pyridine rings is 1. The second-order valence-corrected chi connectivity index (χ2v) is 3.74. The third kappa shape index (κ3) is 2.07. The van der Waals surface area contributed by atoms with Gasteiger partial charge in [0.2, 0.25) is 0 Å². The Hall–Kier alpha value is -2.28. The topological polar surface area (TPSA) is 98.9 Å². The number of hydrogen-bond donors (Lipinski definition) is 4. The van der Waals surface area contributed by atoms with Gasteiger partial charge < -0.3 is 10.4 Å². The molecule has 4 N–H and O–H groups in total. The van der Waals surface area contributed by atoms with Crippen molar-refractivity contribution in [3.63, 3.8) is 0 Å². The molecule has 0 unspecified atom stereocenters. The Labute approximate surface area is 103 Å². The highest BCUT2D eigenvalue weighted by Crippen LogP contribution is 2.24. The largest absolute Gasteiger partial charge is 0.504 e. The monoisotopic (exact) mass is 250 g/mol. The van der Waals surface area contributed by atoms with Crippen molar-refractivity contribution in [1.29, 1.82) is 0 Å². The van der Waals surface area contributed by atoms with Gasteiger partial charge in [0, 0.05) is 6.20 Å². The number of aryl methyl sites for hydroxylation is 1. The van der Waals surface area contributed by atoms with Gasteiger partial charge in [0.25, 0.3) is 5.91 Å². The van der Waals surface area contributed by atoms with Gasteiger partial charge in [-0.05, 0) is 18.6 Å². The number of carbonyl (C=O) groups excluding carboxylic acids is 1. The maximum atomic E-state index is 11.0. The fourth-order valence-electron chi connectivity index (χ4n) is 1.74. The molecular weight excluding hydrogens is 236 g/mol. The number of nitrogens with zero attached hydrogens (tertiary/aromatic N) is 2. The molecule has 7 heteroatoms. The molecule has 0 atom stereocenters. The number of anilines is 1. The van der Waals surface area contributed by atoms with Crippen LogP contribution in [-0.2, 0) is 11.2 Å². The number of amides is 1. The minimum absolute atomic E-state index is 0.0758. The molecule has 0 fully saturated rings. The van der Waals surface area contributed by atoms with Crippen LogP contribution in [0.25, 0.3) is 5.65 Å². The predicted molar refractivity (Wildman–Crippen MR) is 64.7 cm³/mol. The molecule has 0 aromatic carbocycles. The Kier molecular flexibility index (Phi) is 3.33. The van der Waals surface area contributed by atoms with Gasteiger partial charge in [-0.3, -0.25) is 14.4 Å². The second kappa shape index (κ2) is 4.92. The first-order chi connectivity index (χ1) is 8.67. The molecule has 0 radical (unpaired) electrons. The summed E-state index contributed by atoms with van der Waals surface area (Å²) in [6, 6.07) is 3.23. The van der Waals surface area contributed by atoms with Crippen LogP contribution in [-0.4, -0.2) is 32.2 Å². The average molecular weight is 250 g/mol. The number of aromatic hydroxyl groups is 1. The number of hydrogen-bond acceptors (Lipinski definition) is 5. The van der Waals surface area contributed by atoms with Crippen molar-refractivity contribution in [3.8, 4) is 5.75 Å². The van der Waals surface area contributed by atoms with Gasteiger partial charge in [0.05, 0.1) is 12.2 Å². The van der Waals surface area contributed by atoms with Crippen molar-refractivity contribution in [2.24, 2.45) is 0 Å². The molecule has 0 aliphatic heterocycles. The molecule has 2 heterocycles. The molecule has 0 aliphatic rings. The normalized spacial score (nSPS) is 10.6. The SMILES string of the molecule is CCc1nc2c(O)cccn2c1NCC(=O)NO. The van der Waals surface area contributed by atoms with Crippen molar-refractivity contribution in [2.75, 3.05) is 11.9 Å². The van der Waals surface area contributed by atoms with Gasteiger partial charge in [-0.15, -0.1) is 0 Å². The summed E-state index contributed by atoms with van der Waals surface area (Å²) >= 11 is 0. The number of imidazole rings is 1. The molecule has 0 saturated heterocycles. The molecule has 96 valence electrons. The van der Waals surface area contributed by atoms with Crippen molar-refractivity contribution in [1.82, 2.24) is 14.9 Å². The fraction of sp³-hybridized carbons (Fsp3) is 0.273. The Bertz CT molecular complexity index is 579. The molecule has 0 spiro atoms. The molecule has 2 rings (SSSR count). The molecule has 7 nitrogen and oxygen atoms in total. The van der Waals surface area contributed by atoms with Crippen LogP contribution in [0.1, 0.15) is 12.6 Å². The van der Waals surface area contributed by atoms with E-state index in [2.05, 4.69) is 10.3 Å². The molecule has 0 bridgehead atoms. The maximum Gasteiger partial charge on any atom is 0.262 e.